The smallest absolute Gasteiger partial charge is 0.269 e. The molecule has 7 nitrogen and oxygen atoms in total. The molecule has 23 heavy (non-hydrogen) atoms. The Morgan fingerprint density at radius 3 is 2.57 bits per heavy atom. The van der Waals surface area contributed by atoms with Gasteiger partial charge in [-0.15, -0.1) is 0 Å². The highest BCUT2D eigenvalue weighted by Crippen LogP contribution is 2.27. The molecule has 0 heterocycles. The third-order valence-electron chi connectivity index (χ3n) is 2.97. The van der Waals surface area contributed by atoms with Crippen molar-refractivity contribution >= 4 is 17.6 Å². The molecular weight excluding hydrogens is 298 g/mol. The van der Waals surface area contributed by atoms with Crippen molar-refractivity contribution in [3.63, 3.8) is 0 Å². The minimum absolute atomic E-state index is 0.0378. The fourth-order valence-corrected chi connectivity index (χ4v) is 1.88. The first-order valence-electron chi connectivity index (χ1n) is 6.98. The average Bonchev–Trinajstić information content (AvgIpc) is 2.56. The maximum atomic E-state index is 10.6. The molecule has 2 aromatic rings. The maximum absolute atomic E-state index is 10.6. The Balaban J connectivity index is 2.03. The van der Waals surface area contributed by atoms with Crippen molar-refractivity contribution in [2.24, 2.45) is 5.10 Å². The second-order valence-corrected chi connectivity index (χ2v) is 4.52. The molecule has 0 bridgehead atoms. The molecule has 2 aromatic carbocycles. The molecule has 0 aromatic heterocycles. The summed E-state index contributed by atoms with van der Waals surface area (Å²) >= 11 is 0. The molecule has 0 fully saturated rings. The number of anilines is 1. The van der Waals surface area contributed by atoms with E-state index in [1.54, 1.807) is 25.5 Å². The molecule has 2 rings (SSSR count). The van der Waals surface area contributed by atoms with E-state index in [9.17, 15) is 10.1 Å². The van der Waals surface area contributed by atoms with E-state index in [2.05, 4.69) is 10.5 Å². The van der Waals surface area contributed by atoms with Crippen LogP contribution in [0.5, 0.6) is 11.5 Å². The Kier molecular flexibility index (Phi) is 5.51. The fourth-order valence-electron chi connectivity index (χ4n) is 1.88. The molecule has 0 spiro atoms. The summed E-state index contributed by atoms with van der Waals surface area (Å²) in [6, 6.07) is 11.5. The highest BCUT2D eigenvalue weighted by Gasteiger charge is 2.04. The van der Waals surface area contributed by atoms with Crippen molar-refractivity contribution in [3.8, 4) is 11.5 Å². The van der Waals surface area contributed by atoms with Crippen LogP contribution in [0.25, 0.3) is 0 Å². The van der Waals surface area contributed by atoms with Crippen LogP contribution >= 0.6 is 0 Å². The van der Waals surface area contributed by atoms with Gasteiger partial charge in [-0.25, -0.2) is 0 Å². The van der Waals surface area contributed by atoms with Crippen molar-refractivity contribution in [2.75, 3.05) is 19.1 Å². The van der Waals surface area contributed by atoms with E-state index in [0.717, 1.165) is 5.56 Å². The number of rotatable bonds is 7. The van der Waals surface area contributed by atoms with Gasteiger partial charge in [0.1, 0.15) is 0 Å². The van der Waals surface area contributed by atoms with E-state index in [0.29, 0.717) is 23.8 Å². The van der Waals surface area contributed by atoms with Crippen LogP contribution in [0.4, 0.5) is 11.4 Å². The van der Waals surface area contributed by atoms with E-state index in [-0.39, 0.29) is 5.69 Å². The lowest BCUT2D eigenvalue weighted by Gasteiger charge is -2.09. The Bertz CT molecular complexity index is 699. The number of hydrazone groups is 1. The molecule has 120 valence electrons. The van der Waals surface area contributed by atoms with Crippen LogP contribution in [0.2, 0.25) is 0 Å². The van der Waals surface area contributed by atoms with E-state index >= 15 is 0 Å². The second-order valence-electron chi connectivity index (χ2n) is 4.52. The standard InChI is InChI=1S/C16H17N3O4/c1-3-23-15-9-4-12(10-16(15)22-2)11-17-18-13-5-7-14(8-6-13)19(20)21/h4-11,18H,3H2,1-2H3/b17-11+. The zero-order chi connectivity index (χ0) is 16.7. The fraction of sp³-hybridized carbons (Fsp3) is 0.188. The maximum Gasteiger partial charge on any atom is 0.269 e. The van der Waals surface area contributed by atoms with E-state index < -0.39 is 4.92 Å². The van der Waals surface area contributed by atoms with Gasteiger partial charge in [-0.05, 0) is 42.8 Å². The number of hydrogen-bond donors (Lipinski definition) is 1. The summed E-state index contributed by atoms with van der Waals surface area (Å²) in [7, 11) is 1.58. The van der Waals surface area contributed by atoms with Gasteiger partial charge in [0.15, 0.2) is 11.5 Å². The van der Waals surface area contributed by atoms with Crippen molar-refractivity contribution in [1.29, 1.82) is 0 Å². The Morgan fingerprint density at radius 2 is 1.96 bits per heavy atom. The van der Waals surface area contributed by atoms with Gasteiger partial charge >= 0.3 is 0 Å². The SMILES string of the molecule is CCOc1ccc(/C=N/Nc2ccc([N+](=O)[O-])cc2)cc1OC. The molecule has 0 atom stereocenters. The third-order valence-corrected chi connectivity index (χ3v) is 2.97. The lowest BCUT2D eigenvalue weighted by Crippen LogP contribution is -1.97. The first-order valence-corrected chi connectivity index (χ1v) is 6.98. The molecule has 0 aliphatic rings. The zero-order valence-corrected chi connectivity index (χ0v) is 12.9. The first kappa shape index (κ1) is 16.3. The number of ether oxygens (including phenoxy) is 2. The summed E-state index contributed by atoms with van der Waals surface area (Å²) in [5, 5.41) is 14.7. The lowest BCUT2D eigenvalue weighted by molar-refractivity contribution is -0.384. The van der Waals surface area contributed by atoms with Gasteiger partial charge in [-0.3, -0.25) is 15.5 Å². The van der Waals surface area contributed by atoms with Gasteiger partial charge in [0.2, 0.25) is 0 Å². The number of methoxy groups -OCH3 is 1. The minimum atomic E-state index is -0.445. The zero-order valence-electron chi connectivity index (χ0n) is 12.9. The highest BCUT2D eigenvalue weighted by atomic mass is 16.6. The highest BCUT2D eigenvalue weighted by molar-refractivity contribution is 5.81. The van der Waals surface area contributed by atoms with Crippen LogP contribution in [-0.4, -0.2) is 24.9 Å². The Morgan fingerprint density at radius 1 is 1.22 bits per heavy atom. The van der Waals surface area contributed by atoms with Crippen LogP contribution in [0.15, 0.2) is 47.6 Å². The summed E-state index contributed by atoms with van der Waals surface area (Å²) in [4.78, 5) is 10.1. The number of nitrogens with zero attached hydrogens (tertiary/aromatic N) is 2. The van der Waals surface area contributed by atoms with E-state index in [4.69, 9.17) is 9.47 Å². The van der Waals surface area contributed by atoms with E-state index in [1.807, 2.05) is 25.1 Å². The van der Waals surface area contributed by atoms with Crippen LogP contribution in [-0.2, 0) is 0 Å². The van der Waals surface area contributed by atoms with Crippen LogP contribution in [0.1, 0.15) is 12.5 Å². The lowest BCUT2D eigenvalue weighted by atomic mass is 10.2. The van der Waals surface area contributed by atoms with Crippen molar-refractivity contribution < 1.29 is 14.4 Å². The van der Waals surface area contributed by atoms with Gasteiger partial charge in [0.05, 0.1) is 30.5 Å². The molecule has 1 N–H and O–H groups in total. The molecule has 0 unspecified atom stereocenters. The summed E-state index contributed by atoms with van der Waals surface area (Å²) in [6.45, 7) is 2.47. The van der Waals surface area contributed by atoms with Crippen LogP contribution < -0.4 is 14.9 Å². The van der Waals surface area contributed by atoms with Crippen LogP contribution in [0.3, 0.4) is 0 Å². The third kappa shape index (κ3) is 4.44. The van der Waals surface area contributed by atoms with Gasteiger partial charge in [-0.1, -0.05) is 0 Å². The monoisotopic (exact) mass is 315 g/mol. The molecule has 0 amide bonds. The molecule has 0 saturated carbocycles. The average molecular weight is 315 g/mol. The predicted molar refractivity (Wildman–Crippen MR) is 88.5 cm³/mol. The number of non-ortho nitro benzene ring substituents is 1. The number of nitro benzene ring substituents is 1. The Labute approximate surface area is 133 Å². The predicted octanol–water partition coefficient (Wildman–Crippen LogP) is 3.45. The van der Waals surface area contributed by atoms with Gasteiger partial charge in [0.25, 0.3) is 5.69 Å². The summed E-state index contributed by atoms with van der Waals surface area (Å²) in [6.07, 6.45) is 1.62. The van der Waals surface area contributed by atoms with Crippen molar-refractivity contribution in [3.05, 3.63) is 58.1 Å². The molecule has 0 aliphatic heterocycles. The quantitative estimate of drug-likeness (QED) is 0.480. The number of benzene rings is 2. The number of nitrogens with one attached hydrogen (secondary N) is 1. The van der Waals surface area contributed by atoms with Gasteiger partial charge < -0.3 is 9.47 Å². The molecule has 7 heteroatoms. The number of nitro groups is 1. The molecular formula is C16H17N3O4. The summed E-state index contributed by atoms with van der Waals surface area (Å²) < 4.78 is 10.7. The van der Waals surface area contributed by atoms with E-state index in [1.165, 1.54) is 12.1 Å². The van der Waals surface area contributed by atoms with Gasteiger partial charge in [0, 0.05) is 12.1 Å². The number of hydrogen-bond acceptors (Lipinski definition) is 6. The van der Waals surface area contributed by atoms with Gasteiger partial charge in [-0.2, -0.15) is 5.10 Å². The normalized spacial score (nSPS) is 10.5. The second kappa shape index (κ2) is 7.79. The van der Waals surface area contributed by atoms with Crippen molar-refractivity contribution in [1.82, 2.24) is 0 Å². The molecule has 0 saturated heterocycles. The summed E-state index contributed by atoms with van der Waals surface area (Å²) in [5.41, 5.74) is 4.34. The minimum Gasteiger partial charge on any atom is -0.493 e. The first-order chi connectivity index (χ1) is 11.1. The molecule has 0 aliphatic carbocycles. The summed E-state index contributed by atoms with van der Waals surface area (Å²) in [5.74, 6) is 1.31. The van der Waals surface area contributed by atoms with Crippen LogP contribution in [0, 0.1) is 10.1 Å². The Hall–Kier alpha value is -3.09. The molecule has 0 radical (unpaired) electrons. The largest absolute Gasteiger partial charge is 0.493 e. The van der Waals surface area contributed by atoms with Crippen molar-refractivity contribution in [2.45, 2.75) is 6.92 Å². The topological polar surface area (TPSA) is 86.0 Å².